The largest absolute Gasteiger partial charge is 0.481 e. The highest BCUT2D eigenvalue weighted by molar-refractivity contribution is 6.24. The second-order valence-electron chi connectivity index (χ2n) is 13.3. The number of hydrogen-bond acceptors (Lipinski definition) is 6. The highest BCUT2D eigenvalue weighted by Crippen LogP contribution is 2.84. The number of aromatic amines is 3. The van der Waals surface area contributed by atoms with E-state index in [0.29, 0.717) is 23.3 Å². The Morgan fingerprint density at radius 2 is 1.82 bits per heavy atom. The molecule has 0 amide bonds. The van der Waals surface area contributed by atoms with Gasteiger partial charge in [0.05, 0.1) is 24.4 Å². The van der Waals surface area contributed by atoms with E-state index in [-0.39, 0.29) is 29.7 Å². The smallest absolute Gasteiger partial charge is 0.321 e. The van der Waals surface area contributed by atoms with Crippen molar-refractivity contribution in [2.45, 2.75) is 71.1 Å². The summed E-state index contributed by atoms with van der Waals surface area (Å²) in [6.07, 6.45) is 7.24. The van der Waals surface area contributed by atoms with Crippen molar-refractivity contribution < 1.29 is 24.2 Å². The van der Waals surface area contributed by atoms with Crippen molar-refractivity contribution in [1.82, 2.24) is 25.2 Å². The van der Waals surface area contributed by atoms with Crippen LogP contribution in [0.3, 0.4) is 0 Å². The molecule has 232 valence electrons. The number of methoxy groups -OCH3 is 1. The fraction of sp³-hybridized carbons (Fsp3) is 0.400. The number of H-pyrrole nitrogens is 3. The maximum atomic E-state index is 14.1. The standard InChI is InChI=1S/C35H37N5O5/c1-8-17-14(3)20-12-23-18(9-2)15(4)28(38-23)32-35-34(6,40(32)35)19(10-11-24(41)42)29(39-35)26-27(33(44)45-7)31(43)25-16(5)21(37-30(25)26)13-22(17)36-20/h9,12-13,19,27,32,36-39H,2,8,10-11H2,1,3-7H3,(H,41,42)/b20-12-,22-13-,29-26-/t19-,27-,32+,34-,35-,40?/m1/s1. The first-order valence-electron chi connectivity index (χ1n) is 15.6. The molecule has 3 fully saturated rings. The minimum atomic E-state index is -1.13. The zero-order valence-corrected chi connectivity index (χ0v) is 26.3. The summed E-state index contributed by atoms with van der Waals surface area (Å²) in [6, 6.07) is 0.00982. The molecule has 5 aliphatic rings. The van der Waals surface area contributed by atoms with Gasteiger partial charge in [0.25, 0.3) is 0 Å². The monoisotopic (exact) mass is 607 g/mol. The van der Waals surface area contributed by atoms with Crippen molar-refractivity contribution in [3.63, 3.8) is 0 Å². The Kier molecular flexibility index (Phi) is 5.45. The van der Waals surface area contributed by atoms with Crippen LogP contribution in [0.15, 0.2) is 12.3 Å². The molecule has 0 aromatic carbocycles. The Morgan fingerprint density at radius 1 is 1.09 bits per heavy atom. The van der Waals surface area contributed by atoms with Gasteiger partial charge in [0.1, 0.15) is 11.6 Å². The molecule has 3 aromatic heterocycles. The van der Waals surface area contributed by atoms with E-state index in [2.05, 4.69) is 65.5 Å². The number of Topliss-reactive ketones (excluding diaryl/α,β-unsaturated/α-hetero) is 1. The maximum Gasteiger partial charge on any atom is 0.321 e. The normalized spacial score (nSPS) is 32.6. The third-order valence-corrected chi connectivity index (χ3v) is 11.5. The molecule has 3 aromatic rings. The van der Waals surface area contributed by atoms with Gasteiger partial charge < -0.3 is 30.1 Å². The van der Waals surface area contributed by atoms with Crippen LogP contribution in [0, 0.1) is 32.6 Å². The third kappa shape index (κ3) is 3.15. The zero-order chi connectivity index (χ0) is 31.9. The molecule has 7 heterocycles. The van der Waals surface area contributed by atoms with Gasteiger partial charge in [-0.15, -0.1) is 0 Å². The van der Waals surface area contributed by atoms with Crippen molar-refractivity contribution in [1.29, 1.82) is 0 Å². The van der Waals surface area contributed by atoms with E-state index in [9.17, 15) is 19.5 Å². The number of carboxylic acid groups (broad SMARTS) is 1. The van der Waals surface area contributed by atoms with Crippen LogP contribution in [-0.2, 0) is 20.7 Å². The molecule has 8 bridgehead atoms. The number of ether oxygens (including phenoxy) is 1. The van der Waals surface area contributed by atoms with Crippen molar-refractivity contribution in [2.75, 3.05) is 7.11 Å². The number of aromatic nitrogens is 3. The summed E-state index contributed by atoms with van der Waals surface area (Å²) >= 11 is 0. The first kappa shape index (κ1) is 27.9. The lowest BCUT2D eigenvalue weighted by molar-refractivity contribution is -0.142. The molecule has 0 saturated carbocycles. The number of carbonyl (C=O) groups excluding carboxylic acids is 2. The number of aliphatic carboxylic acids is 1. The third-order valence-electron chi connectivity index (χ3n) is 11.5. The summed E-state index contributed by atoms with van der Waals surface area (Å²) in [5.74, 6) is -3.17. The fourth-order valence-electron chi connectivity index (χ4n) is 9.17. The van der Waals surface area contributed by atoms with Gasteiger partial charge in [-0.3, -0.25) is 19.3 Å². The van der Waals surface area contributed by atoms with Crippen LogP contribution in [0.2, 0.25) is 0 Å². The summed E-state index contributed by atoms with van der Waals surface area (Å²) in [6.45, 7) is 14.5. The quantitative estimate of drug-likeness (QED) is 0.165. The number of esters is 1. The molecule has 1 spiro atoms. The average Bonchev–Trinajstić information content (AvgIpc) is 3.42. The minimum absolute atomic E-state index is 0.00982. The molecule has 5 N–H and O–H groups in total. The lowest BCUT2D eigenvalue weighted by Gasteiger charge is -2.27. The Labute approximate surface area is 259 Å². The van der Waals surface area contributed by atoms with Crippen molar-refractivity contribution >= 4 is 41.5 Å². The first-order valence-corrected chi connectivity index (χ1v) is 15.6. The molecule has 10 nitrogen and oxygen atoms in total. The molecule has 6 atom stereocenters. The van der Waals surface area contributed by atoms with Gasteiger partial charge in [-0.05, 0) is 74.9 Å². The Hall–Kier alpha value is -4.57. The summed E-state index contributed by atoms with van der Waals surface area (Å²) in [4.78, 5) is 52.6. The van der Waals surface area contributed by atoms with Gasteiger partial charge >= 0.3 is 11.9 Å². The topological polar surface area (TPSA) is 143 Å². The van der Waals surface area contributed by atoms with E-state index in [4.69, 9.17) is 4.74 Å². The fourth-order valence-corrected chi connectivity index (χ4v) is 9.17. The summed E-state index contributed by atoms with van der Waals surface area (Å²) in [7, 11) is 1.30. The number of hydrogen-bond donors (Lipinski definition) is 5. The van der Waals surface area contributed by atoms with E-state index in [1.165, 1.54) is 12.7 Å². The van der Waals surface area contributed by atoms with Gasteiger partial charge in [-0.1, -0.05) is 19.6 Å². The molecule has 1 unspecified atom stereocenters. The van der Waals surface area contributed by atoms with Crippen LogP contribution >= 0.6 is 0 Å². The molecule has 10 heteroatoms. The van der Waals surface area contributed by atoms with Crippen LogP contribution in [-0.4, -0.2) is 61.0 Å². The highest BCUT2D eigenvalue weighted by Gasteiger charge is 2.98. The van der Waals surface area contributed by atoms with E-state index in [1.54, 1.807) is 0 Å². The number of fused-ring (bicyclic) bond motifs is 9. The Bertz CT molecular complexity index is 2090. The first-order chi connectivity index (χ1) is 21.5. The number of nitrogens with one attached hydrogen (secondary N) is 4. The number of ketones is 1. The van der Waals surface area contributed by atoms with Crippen LogP contribution in [0.5, 0.6) is 0 Å². The van der Waals surface area contributed by atoms with Gasteiger partial charge in [0, 0.05) is 62.5 Å². The number of nitrogens with zero attached hydrogens (tertiary/aromatic N) is 1. The predicted molar refractivity (Wildman–Crippen MR) is 168 cm³/mol. The average molecular weight is 608 g/mol. The summed E-state index contributed by atoms with van der Waals surface area (Å²) in [5.41, 5.74) is 9.67. The molecule has 45 heavy (non-hydrogen) atoms. The van der Waals surface area contributed by atoms with Gasteiger partial charge in [0.2, 0.25) is 0 Å². The summed E-state index contributed by atoms with van der Waals surface area (Å²) in [5, 5.41) is 15.5. The molecule has 0 radical (unpaired) electrons. The van der Waals surface area contributed by atoms with Crippen LogP contribution in [0.4, 0.5) is 0 Å². The van der Waals surface area contributed by atoms with Crippen molar-refractivity contribution in [2.24, 2.45) is 11.8 Å². The number of rotatable bonds is 6. The summed E-state index contributed by atoms with van der Waals surface area (Å²) < 4.78 is 5.20. The van der Waals surface area contributed by atoms with Crippen LogP contribution in [0.1, 0.15) is 93.7 Å². The van der Waals surface area contributed by atoms with Gasteiger partial charge in [0.15, 0.2) is 5.78 Å². The van der Waals surface area contributed by atoms with Crippen molar-refractivity contribution in [3.05, 3.63) is 79.1 Å². The minimum Gasteiger partial charge on any atom is -0.481 e. The molecule has 1 aliphatic carbocycles. The predicted octanol–water partition coefficient (Wildman–Crippen LogP) is 3.08. The number of carbonyl (C=O) groups is 3. The van der Waals surface area contributed by atoms with Crippen LogP contribution < -0.4 is 16.0 Å². The molecular formula is C35H37N5O5. The number of carboxylic acids is 1. The van der Waals surface area contributed by atoms with Crippen molar-refractivity contribution in [3.8, 4) is 0 Å². The van der Waals surface area contributed by atoms with E-state index in [1.807, 2.05) is 19.1 Å². The van der Waals surface area contributed by atoms with E-state index < -0.39 is 23.5 Å². The highest BCUT2D eigenvalue weighted by atomic mass is 16.5. The molecule has 8 rings (SSSR count). The van der Waals surface area contributed by atoms with Crippen LogP contribution in [0.25, 0.3) is 23.8 Å². The zero-order valence-electron chi connectivity index (χ0n) is 26.3. The van der Waals surface area contributed by atoms with E-state index in [0.717, 1.165) is 62.2 Å². The molecule has 4 aliphatic heterocycles. The SMILES string of the molecule is C=Cc1c2[nH]c(c1C)[C@@H]1N3[C@]4(C)[C@H](CCC(=O)O)/C(=C5/c6[nH]c(c(C)c6C(=O)[C@@H]5C(=O)OC)/C=c5\[nH]/c(c(C)c5CC)=C\2)N[C@]134. The maximum absolute atomic E-state index is 14.1. The van der Waals surface area contributed by atoms with Gasteiger partial charge in [-0.25, -0.2) is 0 Å². The lowest BCUT2D eigenvalue weighted by atomic mass is 9.79. The molecular weight excluding hydrogens is 570 g/mol. The second kappa shape index (κ2) is 8.78. The second-order valence-corrected chi connectivity index (χ2v) is 13.3. The van der Waals surface area contributed by atoms with E-state index >= 15 is 0 Å². The molecule has 3 saturated heterocycles. The Balaban J connectivity index is 1.46. The van der Waals surface area contributed by atoms with Gasteiger partial charge in [-0.2, -0.15) is 0 Å². The Morgan fingerprint density at radius 3 is 2.49 bits per heavy atom. The lowest BCUT2D eigenvalue weighted by Crippen LogP contribution is -2.36.